The molecule has 0 aliphatic heterocycles. The van der Waals surface area contributed by atoms with Crippen LogP contribution in [-0.2, 0) is 0 Å². The topological polar surface area (TPSA) is 30.2 Å². The van der Waals surface area contributed by atoms with Gasteiger partial charge in [0.2, 0.25) is 0 Å². The molecule has 136 valence electrons. The van der Waals surface area contributed by atoms with Crippen molar-refractivity contribution in [2.45, 2.75) is 26.6 Å². The van der Waals surface area contributed by atoms with Crippen LogP contribution in [0.15, 0.2) is 54.9 Å². The van der Waals surface area contributed by atoms with Gasteiger partial charge in [0.15, 0.2) is 0 Å². The van der Waals surface area contributed by atoms with Crippen LogP contribution in [0, 0.1) is 6.92 Å². The summed E-state index contributed by atoms with van der Waals surface area (Å²) in [4.78, 5) is 9.43. The molecule has 0 amide bonds. The van der Waals surface area contributed by atoms with Gasteiger partial charge in [-0.25, -0.2) is 9.97 Å². The third-order valence-corrected chi connectivity index (χ3v) is 8.01. The van der Waals surface area contributed by atoms with E-state index in [1.165, 1.54) is 48.8 Å². The minimum Gasteiger partial charge on any atom is -0.308 e. The maximum atomic E-state index is 4.75. The maximum Gasteiger partial charge on any atom is 0.116 e. The molecule has 3 aromatic heterocycles. The summed E-state index contributed by atoms with van der Waals surface area (Å²) in [5.74, 6) is 0. The minimum absolute atomic E-state index is 1.05. The third-order valence-electron chi connectivity index (χ3n) is 5.99. The number of pyridine rings is 1. The number of para-hydroxylation sites is 1. The molecule has 3 nitrogen and oxygen atoms in total. The molecule has 4 heteroatoms. The third kappa shape index (κ3) is 1.93. The summed E-state index contributed by atoms with van der Waals surface area (Å²) in [6.07, 6.45) is 1.72. The maximum absolute atomic E-state index is 4.75. The Kier molecular flexibility index (Phi) is 2.91. The van der Waals surface area contributed by atoms with Crippen LogP contribution >= 0.6 is 0 Å². The van der Waals surface area contributed by atoms with Gasteiger partial charge in [0.05, 0.1) is 41.0 Å². The van der Waals surface area contributed by atoms with Gasteiger partial charge in [-0.1, -0.05) is 43.0 Å². The smallest absolute Gasteiger partial charge is 0.116 e. The molecule has 0 bridgehead atoms. The van der Waals surface area contributed by atoms with E-state index in [4.69, 9.17) is 4.98 Å². The fourth-order valence-electron chi connectivity index (χ4n) is 4.66. The summed E-state index contributed by atoms with van der Waals surface area (Å²) in [6.45, 7) is 9.36. The Hall–Kier alpha value is -2.98. The first-order valence-electron chi connectivity index (χ1n) is 9.77. The van der Waals surface area contributed by atoms with Gasteiger partial charge >= 0.3 is 0 Å². The highest BCUT2D eigenvalue weighted by molar-refractivity contribution is 6.89. The summed E-state index contributed by atoms with van der Waals surface area (Å²) in [7, 11) is -1.50. The lowest BCUT2D eigenvalue weighted by Gasteiger charge is -2.20. The number of rotatable bonds is 1. The number of aromatic nitrogens is 3. The minimum atomic E-state index is -1.50. The molecule has 0 saturated heterocycles. The van der Waals surface area contributed by atoms with Gasteiger partial charge in [0.1, 0.15) is 6.33 Å². The van der Waals surface area contributed by atoms with E-state index in [2.05, 4.69) is 84.5 Å². The molecule has 0 saturated carbocycles. The van der Waals surface area contributed by atoms with Gasteiger partial charge < -0.3 is 4.40 Å². The van der Waals surface area contributed by atoms with E-state index >= 15 is 0 Å². The zero-order valence-corrected chi connectivity index (χ0v) is 17.5. The number of aryl methyl sites for hydroxylation is 1. The van der Waals surface area contributed by atoms with Crippen molar-refractivity contribution < 1.29 is 0 Å². The highest BCUT2D eigenvalue weighted by Crippen LogP contribution is 2.39. The van der Waals surface area contributed by atoms with Crippen molar-refractivity contribution in [2.24, 2.45) is 0 Å². The second-order valence-electron chi connectivity index (χ2n) is 8.92. The Morgan fingerprint density at radius 3 is 2.43 bits per heavy atom. The number of nitrogens with zero attached hydrogens (tertiary/aromatic N) is 3. The van der Waals surface area contributed by atoms with E-state index in [0.29, 0.717) is 0 Å². The zero-order chi connectivity index (χ0) is 19.2. The lowest BCUT2D eigenvalue weighted by Crippen LogP contribution is -2.37. The van der Waals surface area contributed by atoms with Crippen molar-refractivity contribution in [3.63, 3.8) is 0 Å². The van der Waals surface area contributed by atoms with Gasteiger partial charge in [-0.3, -0.25) is 0 Å². The van der Waals surface area contributed by atoms with E-state index in [0.717, 1.165) is 11.0 Å². The molecule has 0 aliphatic rings. The number of fused-ring (bicyclic) bond motifs is 5. The molecule has 0 aliphatic carbocycles. The average molecular weight is 380 g/mol. The largest absolute Gasteiger partial charge is 0.308 e. The highest BCUT2D eigenvalue weighted by Gasteiger charge is 2.23. The molecule has 0 fully saturated rings. The first-order chi connectivity index (χ1) is 13.4. The van der Waals surface area contributed by atoms with E-state index in [9.17, 15) is 0 Å². The van der Waals surface area contributed by atoms with E-state index < -0.39 is 8.07 Å². The fourth-order valence-corrected chi connectivity index (χ4v) is 5.80. The fraction of sp³-hybridized carbons (Fsp3) is 0.167. The Morgan fingerprint density at radius 1 is 0.821 bits per heavy atom. The molecular weight excluding hydrogens is 358 g/mol. The van der Waals surface area contributed by atoms with Crippen molar-refractivity contribution in [3.8, 4) is 0 Å². The van der Waals surface area contributed by atoms with Crippen LogP contribution in [0.2, 0.25) is 19.6 Å². The molecule has 0 N–H and O–H groups in total. The molecule has 3 aromatic carbocycles. The first kappa shape index (κ1) is 16.0. The first-order valence-corrected chi connectivity index (χ1v) is 13.3. The molecule has 0 radical (unpaired) electrons. The van der Waals surface area contributed by atoms with Crippen LogP contribution < -0.4 is 5.19 Å². The van der Waals surface area contributed by atoms with E-state index in [1.807, 2.05) is 0 Å². The summed E-state index contributed by atoms with van der Waals surface area (Å²) in [6, 6.07) is 18.0. The Morgan fingerprint density at radius 2 is 1.61 bits per heavy atom. The van der Waals surface area contributed by atoms with Gasteiger partial charge in [-0.15, -0.1) is 0 Å². The molecule has 0 atom stereocenters. The second-order valence-corrected chi connectivity index (χ2v) is 14.0. The molecule has 6 aromatic rings. The standard InChI is InChI=1S/C24H21N3Si/c1-14-9-17-16-7-5-6-8-20(16)27-21-12-15(28(2,3)4)11-19-22(21)23(26-13-25-19)18(10-14)24(17)27/h5-13H,1-4H3. The number of hydrogen-bond acceptors (Lipinski definition) is 2. The normalized spacial score (nSPS) is 13.0. The van der Waals surface area contributed by atoms with Crippen molar-refractivity contribution >= 4 is 62.4 Å². The lowest BCUT2D eigenvalue weighted by atomic mass is 10.0. The Labute approximate surface area is 164 Å². The van der Waals surface area contributed by atoms with Crippen LogP contribution in [0.5, 0.6) is 0 Å². The Bertz CT molecular complexity index is 1550. The number of benzene rings is 3. The van der Waals surface area contributed by atoms with Crippen molar-refractivity contribution in [3.05, 3.63) is 60.4 Å². The van der Waals surface area contributed by atoms with E-state index in [1.54, 1.807) is 6.33 Å². The predicted molar refractivity (Wildman–Crippen MR) is 122 cm³/mol. The van der Waals surface area contributed by atoms with Crippen molar-refractivity contribution in [1.82, 2.24) is 14.4 Å². The lowest BCUT2D eigenvalue weighted by molar-refractivity contribution is 1.25. The van der Waals surface area contributed by atoms with Crippen LogP contribution in [0.25, 0.3) is 49.1 Å². The van der Waals surface area contributed by atoms with Gasteiger partial charge in [0, 0.05) is 16.2 Å². The molecule has 0 spiro atoms. The summed E-state index contributed by atoms with van der Waals surface area (Å²) >= 11 is 0. The highest BCUT2D eigenvalue weighted by atomic mass is 28.3. The van der Waals surface area contributed by atoms with Gasteiger partial charge in [0.25, 0.3) is 0 Å². The quantitative estimate of drug-likeness (QED) is 0.210. The summed E-state index contributed by atoms with van der Waals surface area (Å²) in [5.41, 5.74) is 7.14. The predicted octanol–water partition coefficient (Wildman–Crippen LogP) is 5.63. The second kappa shape index (κ2) is 5.09. The number of hydrogen-bond donors (Lipinski definition) is 0. The molecule has 0 unspecified atom stereocenters. The summed E-state index contributed by atoms with van der Waals surface area (Å²) in [5, 5.41) is 6.43. The average Bonchev–Trinajstić information content (AvgIpc) is 2.99. The molecule has 6 rings (SSSR count). The van der Waals surface area contributed by atoms with Crippen LogP contribution in [0.3, 0.4) is 0 Å². The van der Waals surface area contributed by atoms with Crippen LogP contribution in [0.1, 0.15) is 5.56 Å². The van der Waals surface area contributed by atoms with Gasteiger partial charge in [-0.05, 0) is 42.8 Å². The SMILES string of the molecule is Cc1cc2c3ccccc3n3c4cc([Si](C)(C)C)cc5ncnc(c(c1)c23)c54. The van der Waals surface area contributed by atoms with Crippen LogP contribution in [-0.4, -0.2) is 22.4 Å². The Balaban J connectivity index is 2.04. The summed E-state index contributed by atoms with van der Waals surface area (Å²) < 4.78 is 2.45. The van der Waals surface area contributed by atoms with E-state index in [-0.39, 0.29) is 0 Å². The molecule has 28 heavy (non-hydrogen) atoms. The molecule has 3 heterocycles. The monoisotopic (exact) mass is 379 g/mol. The van der Waals surface area contributed by atoms with Crippen molar-refractivity contribution in [2.75, 3.05) is 0 Å². The van der Waals surface area contributed by atoms with Crippen LogP contribution in [0.4, 0.5) is 0 Å². The zero-order valence-electron chi connectivity index (χ0n) is 16.5. The molecular formula is C24H21N3Si. The van der Waals surface area contributed by atoms with Gasteiger partial charge in [-0.2, -0.15) is 0 Å². The van der Waals surface area contributed by atoms with Crippen molar-refractivity contribution in [1.29, 1.82) is 0 Å².